The van der Waals surface area contributed by atoms with Gasteiger partial charge in [0.25, 0.3) is 0 Å². The molecule has 4 heteroatoms. The number of benzene rings is 2. The number of unbranched alkanes of at least 4 members (excludes halogenated alkanes) is 3. The molecule has 0 radical (unpaired) electrons. The molecular formula is C22H22N2O2. The van der Waals surface area contributed by atoms with E-state index in [-0.39, 0.29) is 0 Å². The van der Waals surface area contributed by atoms with E-state index in [9.17, 15) is 0 Å². The maximum atomic E-state index is 9.01. The van der Waals surface area contributed by atoms with Gasteiger partial charge in [-0.05, 0) is 42.8 Å². The van der Waals surface area contributed by atoms with Crippen LogP contribution in [0.1, 0.15) is 38.2 Å². The van der Waals surface area contributed by atoms with Crippen LogP contribution in [0, 0.1) is 11.3 Å². The highest BCUT2D eigenvalue weighted by Gasteiger charge is 2.09. The molecule has 1 heterocycles. The van der Waals surface area contributed by atoms with Crippen LogP contribution >= 0.6 is 0 Å². The summed E-state index contributed by atoms with van der Waals surface area (Å²) in [5.41, 5.74) is 3.17. The second-order valence-corrected chi connectivity index (χ2v) is 6.20. The minimum absolute atomic E-state index is 0.598. The van der Waals surface area contributed by atoms with Crippen molar-refractivity contribution in [3.05, 3.63) is 60.2 Å². The third-order valence-corrected chi connectivity index (χ3v) is 4.20. The summed E-state index contributed by atoms with van der Waals surface area (Å²) in [5.74, 6) is 1.52. The summed E-state index contributed by atoms with van der Waals surface area (Å²) in [6.45, 7) is 2.96. The third-order valence-electron chi connectivity index (χ3n) is 4.20. The standard InChI is InChI=1S/C22H22N2O2/c1-2-3-4-5-13-25-20-11-9-18(10-12-20)21-15-22(26-24-21)19-8-6-7-17(14-19)16-23/h6-12,14-15H,2-5,13H2,1H3. The van der Waals surface area contributed by atoms with Crippen molar-refractivity contribution in [1.82, 2.24) is 5.16 Å². The fourth-order valence-electron chi connectivity index (χ4n) is 2.73. The number of hydrogen-bond acceptors (Lipinski definition) is 4. The maximum Gasteiger partial charge on any atom is 0.167 e. The van der Waals surface area contributed by atoms with E-state index in [2.05, 4.69) is 18.1 Å². The fourth-order valence-corrected chi connectivity index (χ4v) is 2.73. The van der Waals surface area contributed by atoms with Crippen molar-refractivity contribution >= 4 is 0 Å². The molecule has 0 amide bonds. The first-order chi connectivity index (χ1) is 12.8. The van der Waals surface area contributed by atoms with Gasteiger partial charge in [0.1, 0.15) is 11.4 Å². The van der Waals surface area contributed by atoms with Crippen molar-refractivity contribution in [2.45, 2.75) is 32.6 Å². The van der Waals surface area contributed by atoms with E-state index in [1.807, 2.05) is 42.5 Å². The molecule has 0 aliphatic rings. The zero-order chi connectivity index (χ0) is 18.2. The Bertz CT molecular complexity index is 876. The van der Waals surface area contributed by atoms with Crippen molar-refractivity contribution in [3.8, 4) is 34.4 Å². The third kappa shape index (κ3) is 4.52. The molecule has 0 saturated carbocycles. The molecule has 0 atom stereocenters. The minimum atomic E-state index is 0.598. The van der Waals surface area contributed by atoms with Gasteiger partial charge in [0, 0.05) is 17.2 Å². The Labute approximate surface area is 154 Å². The van der Waals surface area contributed by atoms with Gasteiger partial charge >= 0.3 is 0 Å². The largest absolute Gasteiger partial charge is 0.494 e. The maximum absolute atomic E-state index is 9.01. The normalized spacial score (nSPS) is 10.5. The molecular weight excluding hydrogens is 324 g/mol. The highest BCUT2D eigenvalue weighted by atomic mass is 16.5. The molecule has 4 nitrogen and oxygen atoms in total. The molecule has 0 aliphatic carbocycles. The highest BCUT2D eigenvalue weighted by Crippen LogP contribution is 2.27. The molecule has 3 aromatic rings. The van der Waals surface area contributed by atoms with Crippen LogP contribution < -0.4 is 4.74 Å². The summed E-state index contributed by atoms with van der Waals surface area (Å²) in [4.78, 5) is 0. The number of aromatic nitrogens is 1. The van der Waals surface area contributed by atoms with Crippen LogP contribution in [-0.2, 0) is 0 Å². The van der Waals surface area contributed by atoms with Crippen LogP contribution in [0.5, 0.6) is 5.75 Å². The van der Waals surface area contributed by atoms with E-state index in [0.717, 1.165) is 35.6 Å². The SMILES string of the molecule is CCCCCCOc1ccc(-c2cc(-c3cccc(C#N)c3)on2)cc1. The zero-order valence-electron chi connectivity index (χ0n) is 14.9. The molecule has 26 heavy (non-hydrogen) atoms. The van der Waals surface area contributed by atoms with Gasteiger partial charge in [0.05, 0.1) is 18.2 Å². The van der Waals surface area contributed by atoms with Gasteiger partial charge in [-0.3, -0.25) is 0 Å². The summed E-state index contributed by atoms with van der Waals surface area (Å²) in [6, 6.07) is 19.2. The summed E-state index contributed by atoms with van der Waals surface area (Å²) in [5, 5.41) is 13.2. The number of ether oxygens (including phenoxy) is 1. The van der Waals surface area contributed by atoms with Gasteiger partial charge in [-0.1, -0.05) is 43.5 Å². The lowest BCUT2D eigenvalue weighted by Crippen LogP contribution is -1.96. The van der Waals surface area contributed by atoms with Gasteiger partial charge in [-0.25, -0.2) is 0 Å². The quantitative estimate of drug-likeness (QED) is 0.481. The monoisotopic (exact) mass is 346 g/mol. The van der Waals surface area contributed by atoms with E-state index in [1.165, 1.54) is 19.3 Å². The van der Waals surface area contributed by atoms with Gasteiger partial charge in [0.15, 0.2) is 5.76 Å². The second kappa shape index (κ2) is 8.87. The Kier molecular flexibility index (Phi) is 6.05. The van der Waals surface area contributed by atoms with Crippen LogP contribution in [0.15, 0.2) is 59.1 Å². The minimum Gasteiger partial charge on any atom is -0.494 e. The van der Waals surface area contributed by atoms with E-state index < -0.39 is 0 Å². The molecule has 1 aromatic heterocycles. The summed E-state index contributed by atoms with van der Waals surface area (Å²) in [7, 11) is 0. The van der Waals surface area contributed by atoms with Crippen molar-refractivity contribution in [3.63, 3.8) is 0 Å². The molecule has 2 aromatic carbocycles. The number of nitrogens with zero attached hydrogens (tertiary/aromatic N) is 2. The Morgan fingerprint density at radius 3 is 2.62 bits per heavy atom. The first-order valence-corrected chi connectivity index (χ1v) is 9.00. The van der Waals surface area contributed by atoms with Crippen LogP contribution in [0.3, 0.4) is 0 Å². The topological polar surface area (TPSA) is 59.0 Å². The molecule has 3 rings (SSSR count). The Morgan fingerprint density at radius 2 is 1.85 bits per heavy atom. The Morgan fingerprint density at radius 1 is 1.00 bits per heavy atom. The smallest absolute Gasteiger partial charge is 0.167 e. The van der Waals surface area contributed by atoms with Crippen molar-refractivity contribution in [2.75, 3.05) is 6.61 Å². The average Bonchev–Trinajstić information content (AvgIpc) is 3.19. The van der Waals surface area contributed by atoms with E-state index >= 15 is 0 Å². The number of rotatable bonds is 8. The van der Waals surface area contributed by atoms with Gasteiger partial charge in [0.2, 0.25) is 0 Å². The van der Waals surface area contributed by atoms with E-state index in [0.29, 0.717) is 11.3 Å². The first-order valence-electron chi connectivity index (χ1n) is 9.00. The summed E-state index contributed by atoms with van der Waals surface area (Å²) >= 11 is 0. The molecule has 0 aliphatic heterocycles. The van der Waals surface area contributed by atoms with Crippen molar-refractivity contribution in [2.24, 2.45) is 0 Å². The molecule has 0 spiro atoms. The van der Waals surface area contributed by atoms with Gasteiger partial charge in [-0.2, -0.15) is 5.26 Å². The lowest BCUT2D eigenvalue weighted by molar-refractivity contribution is 0.305. The number of hydrogen-bond donors (Lipinski definition) is 0. The molecule has 0 unspecified atom stereocenters. The Hall–Kier alpha value is -3.06. The lowest BCUT2D eigenvalue weighted by atomic mass is 10.1. The highest BCUT2D eigenvalue weighted by molar-refractivity contribution is 5.67. The second-order valence-electron chi connectivity index (χ2n) is 6.20. The lowest BCUT2D eigenvalue weighted by Gasteiger charge is -2.06. The zero-order valence-corrected chi connectivity index (χ0v) is 14.9. The average molecular weight is 346 g/mol. The number of nitriles is 1. The summed E-state index contributed by atoms with van der Waals surface area (Å²) < 4.78 is 11.2. The molecule has 0 N–H and O–H groups in total. The van der Waals surface area contributed by atoms with Gasteiger partial charge < -0.3 is 9.26 Å². The fraction of sp³-hybridized carbons (Fsp3) is 0.273. The summed E-state index contributed by atoms with van der Waals surface area (Å²) in [6.07, 6.45) is 4.79. The van der Waals surface area contributed by atoms with E-state index in [1.54, 1.807) is 12.1 Å². The van der Waals surface area contributed by atoms with E-state index in [4.69, 9.17) is 14.5 Å². The predicted octanol–water partition coefficient (Wildman–Crippen LogP) is 5.84. The molecule has 0 saturated heterocycles. The van der Waals surface area contributed by atoms with Crippen LogP contribution in [0.25, 0.3) is 22.6 Å². The van der Waals surface area contributed by atoms with Gasteiger partial charge in [-0.15, -0.1) is 0 Å². The predicted molar refractivity (Wildman–Crippen MR) is 102 cm³/mol. The first kappa shape index (κ1) is 17.8. The van der Waals surface area contributed by atoms with Crippen LogP contribution in [0.4, 0.5) is 0 Å². The molecule has 132 valence electrons. The Balaban J connectivity index is 1.65. The van der Waals surface area contributed by atoms with Crippen molar-refractivity contribution in [1.29, 1.82) is 5.26 Å². The van der Waals surface area contributed by atoms with Crippen LogP contribution in [0.2, 0.25) is 0 Å². The molecule has 0 fully saturated rings. The van der Waals surface area contributed by atoms with Crippen LogP contribution in [-0.4, -0.2) is 11.8 Å². The van der Waals surface area contributed by atoms with Crippen molar-refractivity contribution < 1.29 is 9.26 Å². The molecule has 0 bridgehead atoms.